The molecule has 0 aliphatic carbocycles. The highest BCUT2D eigenvalue weighted by atomic mass is 35.5. The smallest absolute Gasteiger partial charge is 0.335 e. The number of hydrogen-bond donors (Lipinski definition) is 1. The maximum absolute atomic E-state index is 6.14. The van der Waals surface area contributed by atoms with Crippen molar-refractivity contribution in [2.24, 2.45) is 0 Å². The third kappa shape index (κ3) is 3.12. The van der Waals surface area contributed by atoms with Crippen LogP contribution in [0.1, 0.15) is 5.56 Å². The van der Waals surface area contributed by atoms with E-state index in [1.54, 1.807) is 6.20 Å². The first-order chi connectivity index (χ1) is 10.8. The number of anilines is 1. The first kappa shape index (κ1) is 14.6. The second kappa shape index (κ2) is 6.62. The molecule has 1 aliphatic heterocycles. The summed E-state index contributed by atoms with van der Waals surface area (Å²) in [6.45, 7) is 1.97. The van der Waals surface area contributed by atoms with Crippen LogP contribution in [0.2, 0.25) is 5.02 Å². The summed E-state index contributed by atoms with van der Waals surface area (Å²) in [6, 6.07) is 6.19. The normalized spacial score (nSPS) is 13.4. The van der Waals surface area contributed by atoms with Gasteiger partial charge in [0.2, 0.25) is 0 Å². The molecule has 0 saturated heterocycles. The molecule has 1 aromatic carbocycles. The van der Waals surface area contributed by atoms with E-state index < -0.39 is 0 Å². The summed E-state index contributed by atoms with van der Waals surface area (Å²) in [6.07, 6.45) is 5.22. The van der Waals surface area contributed by atoms with Gasteiger partial charge < -0.3 is 15.0 Å². The molecule has 114 valence electrons. The van der Waals surface area contributed by atoms with Crippen LogP contribution in [0.3, 0.4) is 0 Å². The van der Waals surface area contributed by atoms with Crippen LogP contribution in [-0.4, -0.2) is 41.9 Å². The van der Waals surface area contributed by atoms with Crippen molar-refractivity contribution < 1.29 is 4.74 Å². The number of benzene rings is 1. The van der Waals surface area contributed by atoms with E-state index in [-0.39, 0.29) is 6.01 Å². The largest absolute Gasteiger partial charge is 0.461 e. The molecule has 0 unspecified atom stereocenters. The predicted octanol–water partition coefficient (Wildman–Crippen LogP) is 1.98. The Morgan fingerprint density at radius 3 is 3.05 bits per heavy atom. The Bertz CT molecular complexity index is 677. The van der Waals surface area contributed by atoms with Gasteiger partial charge in [0.25, 0.3) is 0 Å². The molecule has 0 fully saturated rings. The summed E-state index contributed by atoms with van der Waals surface area (Å²) in [5, 5.41) is 11.5. The zero-order valence-corrected chi connectivity index (χ0v) is 12.9. The third-order valence-electron chi connectivity index (χ3n) is 3.43. The maximum Gasteiger partial charge on any atom is 0.335 e. The zero-order chi connectivity index (χ0) is 15.4. The van der Waals surface area contributed by atoms with Gasteiger partial charge in [-0.3, -0.25) is 0 Å². The number of ether oxygens (including phenoxy) is 1. The number of nitrogens with one attached hydrogen (secondary N) is 1. The fraction of sp³-hybridized carbons (Fsp3) is 0.267. The van der Waals surface area contributed by atoms with Crippen LogP contribution in [0.4, 0.5) is 5.69 Å². The molecule has 22 heavy (non-hydrogen) atoms. The Labute approximate surface area is 133 Å². The van der Waals surface area contributed by atoms with Crippen LogP contribution in [0, 0.1) is 0 Å². The van der Waals surface area contributed by atoms with Crippen LogP contribution in [-0.2, 0) is 0 Å². The van der Waals surface area contributed by atoms with Gasteiger partial charge in [-0.25, -0.2) is 4.98 Å². The van der Waals surface area contributed by atoms with Gasteiger partial charge in [-0.2, -0.15) is 5.10 Å². The van der Waals surface area contributed by atoms with Crippen molar-refractivity contribution >= 4 is 23.0 Å². The summed E-state index contributed by atoms with van der Waals surface area (Å²) >= 11 is 6.14. The van der Waals surface area contributed by atoms with Crippen molar-refractivity contribution in [3.63, 3.8) is 0 Å². The molecule has 0 spiro atoms. The lowest BCUT2D eigenvalue weighted by Gasteiger charge is -2.30. The Morgan fingerprint density at radius 1 is 1.36 bits per heavy atom. The fourth-order valence-corrected chi connectivity index (χ4v) is 2.57. The first-order valence-corrected chi connectivity index (χ1v) is 7.35. The van der Waals surface area contributed by atoms with Gasteiger partial charge in [-0.05, 0) is 24.3 Å². The van der Waals surface area contributed by atoms with Crippen LogP contribution in [0.25, 0.3) is 5.70 Å². The number of rotatable bonds is 5. The van der Waals surface area contributed by atoms with E-state index in [4.69, 9.17) is 16.3 Å². The quantitative estimate of drug-likeness (QED) is 0.910. The van der Waals surface area contributed by atoms with Crippen LogP contribution >= 0.6 is 11.6 Å². The summed E-state index contributed by atoms with van der Waals surface area (Å²) in [5.74, 6) is 0. The molecule has 0 bridgehead atoms. The average molecular weight is 318 g/mol. The minimum atomic E-state index is 0.289. The molecule has 0 amide bonds. The Morgan fingerprint density at radius 2 is 2.27 bits per heavy atom. The van der Waals surface area contributed by atoms with Crippen LogP contribution in [0.15, 0.2) is 36.7 Å². The van der Waals surface area contributed by atoms with Crippen LogP contribution in [0.5, 0.6) is 6.01 Å². The van der Waals surface area contributed by atoms with E-state index in [9.17, 15) is 0 Å². The standard InChI is InChI=1S/C15H16ClN5O/c1-17-13-4-7-21(14-10-11(16)2-3-12(13)14)8-9-22-15-18-5-6-19-20-15/h2-6,10,17H,7-9H2,1H3. The van der Waals surface area contributed by atoms with E-state index in [1.165, 1.54) is 6.20 Å². The number of hydrogen-bond acceptors (Lipinski definition) is 6. The number of fused-ring (bicyclic) bond motifs is 1. The van der Waals surface area contributed by atoms with Crippen molar-refractivity contribution in [3.05, 3.63) is 47.3 Å². The summed E-state index contributed by atoms with van der Waals surface area (Å²) in [4.78, 5) is 6.19. The molecule has 6 nitrogen and oxygen atoms in total. The molecule has 2 heterocycles. The number of aromatic nitrogens is 3. The number of halogens is 1. The van der Waals surface area contributed by atoms with E-state index >= 15 is 0 Å². The van der Waals surface area contributed by atoms with Gasteiger partial charge in [0.15, 0.2) is 0 Å². The van der Waals surface area contributed by atoms with E-state index in [0.717, 1.165) is 28.5 Å². The van der Waals surface area contributed by atoms with Gasteiger partial charge in [0, 0.05) is 35.6 Å². The van der Waals surface area contributed by atoms with E-state index in [2.05, 4.69) is 31.5 Å². The summed E-state index contributed by atoms with van der Waals surface area (Å²) in [7, 11) is 1.92. The molecule has 1 N–H and O–H groups in total. The highest BCUT2D eigenvalue weighted by Crippen LogP contribution is 2.32. The molecule has 3 rings (SSSR count). The predicted molar refractivity (Wildman–Crippen MR) is 86.0 cm³/mol. The lowest BCUT2D eigenvalue weighted by molar-refractivity contribution is 0.294. The molecule has 7 heteroatoms. The molecule has 1 aromatic heterocycles. The van der Waals surface area contributed by atoms with Gasteiger partial charge in [-0.15, -0.1) is 0 Å². The molecule has 0 atom stereocenters. The molecule has 2 aromatic rings. The van der Waals surface area contributed by atoms with Gasteiger partial charge in [0.1, 0.15) is 6.61 Å². The van der Waals surface area contributed by atoms with Crippen LogP contribution < -0.4 is 15.0 Å². The zero-order valence-electron chi connectivity index (χ0n) is 12.2. The SMILES string of the molecule is CNC1=CCN(CCOc2nccnn2)c2cc(Cl)ccc21. The van der Waals surface area contributed by atoms with Gasteiger partial charge >= 0.3 is 6.01 Å². The minimum absolute atomic E-state index is 0.289. The van der Waals surface area contributed by atoms with Crippen molar-refractivity contribution in [2.75, 3.05) is 31.6 Å². The first-order valence-electron chi connectivity index (χ1n) is 6.97. The molecule has 0 saturated carbocycles. The summed E-state index contributed by atoms with van der Waals surface area (Å²) < 4.78 is 5.51. The Kier molecular flexibility index (Phi) is 4.39. The third-order valence-corrected chi connectivity index (χ3v) is 3.66. The Balaban J connectivity index is 1.70. The van der Waals surface area contributed by atoms with E-state index in [1.807, 2.05) is 25.2 Å². The van der Waals surface area contributed by atoms with Crippen molar-refractivity contribution in [1.82, 2.24) is 20.5 Å². The Hall–Kier alpha value is -2.34. The van der Waals surface area contributed by atoms with Crippen molar-refractivity contribution in [2.45, 2.75) is 0 Å². The van der Waals surface area contributed by atoms with Crippen molar-refractivity contribution in [1.29, 1.82) is 0 Å². The second-order valence-corrected chi connectivity index (χ2v) is 5.19. The average Bonchev–Trinajstić information content (AvgIpc) is 2.56. The second-order valence-electron chi connectivity index (χ2n) is 4.75. The highest BCUT2D eigenvalue weighted by molar-refractivity contribution is 6.31. The number of nitrogens with zero attached hydrogens (tertiary/aromatic N) is 4. The van der Waals surface area contributed by atoms with Gasteiger partial charge in [0.05, 0.1) is 18.9 Å². The molecular weight excluding hydrogens is 302 g/mol. The lowest BCUT2D eigenvalue weighted by Crippen LogP contribution is -2.32. The summed E-state index contributed by atoms with van der Waals surface area (Å²) in [5.41, 5.74) is 3.34. The monoisotopic (exact) mass is 317 g/mol. The fourth-order valence-electron chi connectivity index (χ4n) is 2.40. The van der Waals surface area contributed by atoms with Crippen molar-refractivity contribution in [3.8, 4) is 6.01 Å². The molecule has 1 aliphatic rings. The minimum Gasteiger partial charge on any atom is -0.461 e. The lowest BCUT2D eigenvalue weighted by atomic mass is 10.0. The van der Waals surface area contributed by atoms with Gasteiger partial charge in [-0.1, -0.05) is 16.7 Å². The molecular formula is C15H16ClN5O. The maximum atomic E-state index is 6.14. The highest BCUT2D eigenvalue weighted by Gasteiger charge is 2.18. The topological polar surface area (TPSA) is 63.2 Å². The molecule has 0 radical (unpaired) electrons. The van der Waals surface area contributed by atoms with E-state index in [0.29, 0.717) is 13.2 Å².